The zero-order chi connectivity index (χ0) is 19.4. The molecule has 2 aromatic carbocycles. The molecule has 144 valence electrons. The van der Waals surface area contributed by atoms with E-state index in [0.717, 1.165) is 11.8 Å². The Labute approximate surface area is 163 Å². The summed E-state index contributed by atoms with van der Waals surface area (Å²) in [4.78, 5) is 1.87. The molecule has 1 fully saturated rings. The van der Waals surface area contributed by atoms with E-state index < -0.39 is 15.8 Å². The van der Waals surface area contributed by atoms with Crippen LogP contribution in [0.1, 0.15) is 0 Å². The number of ether oxygens (including phenoxy) is 1. The third kappa shape index (κ3) is 4.55. The van der Waals surface area contributed by atoms with E-state index in [1.807, 2.05) is 29.2 Å². The molecule has 0 atom stereocenters. The van der Waals surface area contributed by atoms with Crippen LogP contribution in [0, 0.1) is 5.82 Å². The molecule has 0 unspecified atom stereocenters. The van der Waals surface area contributed by atoms with Gasteiger partial charge in [0.05, 0.1) is 12.0 Å². The normalized spacial score (nSPS) is 15.4. The van der Waals surface area contributed by atoms with Crippen LogP contribution in [-0.2, 0) is 10.0 Å². The number of sulfonamides is 1. The van der Waals surface area contributed by atoms with Crippen LogP contribution >= 0.6 is 12.2 Å². The maximum absolute atomic E-state index is 13.4. The van der Waals surface area contributed by atoms with Gasteiger partial charge in [-0.05, 0) is 42.5 Å². The molecule has 0 spiro atoms. The maximum atomic E-state index is 13.4. The van der Waals surface area contributed by atoms with Crippen molar-refractivity contribution in [1.82, 2.24) is 9.21 Å². The fourth-order valence-corrected chi connectivity index (χ4v) is 4.57. The van der Waals surface area contributed by atoms with Crippen LogP contribution in [0.15, 0.2) is 53.4 Å². The molecule has 9 heteroatoms. The highest BCUT2D eigenvalue weighted by atomic mass is 32.2. The van der Waals surface area contributed by atoms with Gasteiger partial charge in [0.2, 0.25) is 10.0 Å². The quantitative estimate of drug-likeness (QED) is 0.783. The van der Waals surface area contributed by atoms with Crippen molar-refractivity contribution in [3.8, 4) is 5.75 Å². The van der Waals surface area contributed by atoms with Crippen LogP contribution in [0.3, 0.4) is 0 Å². The first kappa shape index (κ1) is 19.5. The summed E-state index contributed by atoms with van der Waals surface area (Å²) in [7, 11) is -2.12. The van der Waals surface area contributed by atoms with Crippen molar-refractivity contribution in [3.63, 3.8) is 0 Å². The van der Waals surface area contributed by atoms with Crippen LogP contribution in [0.5, 0.6) is 5.75 Å². The Kier molecular flexibility index (Phi) is 5.93. The third-order valence-corrected chi connectivity index (χ3v) is 6.54. The molecule has 0 aromatic heterocycles. The molecular weight excluding hydrogens is 389 g/mol. The zero-order valence-electron chi connectivity index (χ0n) is 14.8. The minimum atomic E-state index is -3.72. The van der Waals surface area contributed by atoms with Gasteiger partial charge >= 0.3 is 0 Å². The first-order chi connectivity index (χ1) is 12.9. The van der Waals surface area contributed by atoms with Gasteiger partial charge in [-0.3, -0.25) is 0 Å². The van der Waals surface area contributed by atoms with Crippen molar-refractivity contribution in [2.75, 3.05) is 38.6 Å². The van der Waals surface area contributed by atoms with Crippen molar-refractivity contribution in [2.45, 2.75) is 4.90 Å². The van der Waals surface area contributed by atoms with Gasteiger partial charge in [0.15, 0.2) is 5.11 Å². The standard InChI is InChI=1S/C18H20FN3O3S2/c1-25-16-6-3-5-15(13-16)20-18(26)21-8-10-22(11-9-21)27(23,24)17-7-2-4-14(19)12-17/h2-7,12-13H,8-11H2,1H3,(H,20,26). The van der Waals surface area contributed by atoms with Gasteiger partial charge in [0.25, 0.3) is 0 Å². The Balaban J connectivity index is 1.62. The molecular formula is C18H20FN3O3S2. The summed E-state index contributed by atoms with van der Waals surface area (Å²) >= 11 is 5.43. The molecule has 1 heterocycles. The van der Waals surface area contributed by atoms with E-state index in [1.165, 1.54) is 22.5 Å². The van der Waals surface area contributed by atoms with E-state index in [-0.39, 0.29) is 18.0 Å². The Morgan fingerprint density at radius 1 is 1.11 bits per heavy atom. The van der Waals surface area contributed by atoms with Gasteiger partial charge in [0.1, 0.15) is 11.6 Å². The topological polar surface area (TPSA) is 61.9 Å². The summed E-state index contributed by atoms with van der Waals surface area (Å²) in [6, 6.07) is 12.5. The second-order valence-electron chi connectivity index (χ2n) is 6.01. The largest absolute Gasteiger partial charge is 0.497 e. The predicted molar refractivity (Wildman–Crippen MR) is 106 cm³/mol. The molecule has 2 aromatic rings. The average Bonchev–Trinajstić information content (AvgIpc) is 2.68. The summed E-state index contributed by atoms with van der Waals surface area (Å²) in [6.07, 6.45) is 0. The van der Waals surface area contributed by atoms with Gasteiger partial charge in [-0.2, -0.15) is 4.31 Å². The Bertz CT molecular complexity index is 929. The fourth-order valence-electron chi connectivity index (χ4n) is 2.81. The molecule has 0 amide bonds. The summed E-state index contributed by atoms with van der Waals surface area (Å²) < 4.78 is 45.2. The van der Waals surface area contributed by atoms with Crippen molar-refractivity contribution < 1.29 is 17.5 Å². The van der Waals surface area contributed by atoms with Crippen molar-refractivity contribution in [1.29, 1.82) is 0 Å². The number of thiocarbonyl (C=S) groups is 1. The number of nitrogens with zero attached hydrogens (tertiary/aromatic N) is 2. The lowest BCUT2D eigenvalue weighted by Crippen LogP contribution is -2.51. The highest BCUT2D eigenvalue weighted by molar-refractivity contribution is 7.89. The molecule has 0 bridgehead atoms. The number of nitrogens with one attached hydrogen (secondary N) is 1. The Hall–Kier alpha value is -2.23. The molecule has 0 aliphatic carbocycles. The summed E-state index contributed by atoms with van der Waals surface area (Å²) in [6.45, 7) is 1.45. The number of benzene rings is 2. The highest BCUT2D eigenvalue weighted by Crippen LogP contribution is 2.20. The van der Waals surface area contributed by atoms with Gasteiger partial charge < -0.3 is 15.0 Å². The second kappa shape index (κ2) is 8.20. The van der Waals surface area contributed by atoms with E-state index in [0.29, 0.717) is 24.0 Å². The van der Waals surface area contributed by atoms with Crippen LogP contribution in [0.2, 0.25) is 0 Å². The third-order valence-electron chi connectivity index (χ3n) is 4.28. The van der Waals surface area contributed by atoms with Crippen LogP contribution in [-0.4, -0.2) is 56.0 Å². The lowest BCUT2D eigenvalue weighted by molar-refractivity contribution is 0.268. The predicted octanol–water partition coefficient (Wildman–Crippen LogP) is 2.54. The number of anilines is 1. The van der Waals surface area contributed by atoms with E-state index >= 15 is 0 Å². The molecule has 1 N–H and O–H groups in total. The SMILES string of the molecule is COc1cccc(NC(=S)N2CCN(S(=O)(=O)c3cccc(F)c3)CC2)c1. The minimum absolute atomic E-state index is 0.0342. The van der Waals surface area contributed by atoms with Gasteiger partial charge in [-0.15, -0.1) is 0 Å². The first-order valence-electron chi connectivity index (χ1n) is 8.36. The van der Waals surface area contributed by atoms with Crippen molar-refractivity contribution in [3.05, 3.63) is 54.3 Å². The smallest absolute Gasteiger partial charge is 0.243 e. The fraction of sp³-hybridized carbons (Fsp3) is 0.278. The number of halogens is 1. The highest BCUT2D eigenvalue weighted by Gasteiger charge is 2.29. The number of hydrogen-bond donors (Lipinski definition) is 1. The van der Waals surface area contributed by atoms with Crippen LogP contribution < -0.4 is 10.1 Å². The van der Waals surface area contributed by atoms with Gasteiger partial charge in [-0.25, -0.2) is 12.8 Å². The lowest BCUT2D eigenvalue weighted by atomic mass is 10.3. The molecule has 1 saturated heterocycles. The summed E-state index contributed by atoms with van der Waals surface area (Å²) in [5.74, 6) is 0.146. The van der Waals surface area contributed by atoms with E-state index in [4.69, 9.17) is 17.0 Å². The van der Waals surface area contributed by atoms with E-state index in [2.05, 4.69) is 5.32 Å². The molecule has 6 nitrogen and oxygen atoms in total. The van der Waals surface area contributed by atoms with Crippen LogP contribution in [0.4, 0.5) is 10.1 Å². The maximum Gasteiger partial charge on any atom is 0.243 e. The Morgan fingerprint density at radius 3 is 2.48 bits per heavy atom. The van der Waals surface area contributed by atoms with E-state index in [1.54, 1.807) is 7.11 Å². The van der Waals surface area contributed by atoms with Gasteiger partial charge in [-0.1, -0.05) is 12.1 Å². The first-order valence-corrected chi connectivity index (χ1v) is 10.2. The Morgan fingerprint density at radius 2 is 1.81 bits per heavy atom. The summed E-state index contributed by atoms with van der Waals surface area (Å²) in [5, 5.41) is 3.66. The van der Waals surface area contributed by atoms with Crippen molar-refractivity contribution in [2.24, 2.45) is 0 Å². The molecule has 1 aliphatic heterocycles. The van der Waals surface area contributed by atoms with Crippen LogP contribution in [0.25, 0.3) is 0 Å². The monoisotopic (exact) mass is 409 g/mol. The number of hydrogen-bond acceptors (Lipinski definition) is 4. The van der Waals surface area contributed by atoms with Gasteiger partial charge in [0, 0.05) is 37.9 Å². The number of rotatable bonds is 4. The molecule has 0 saturated carbocycles. The zero-order valence-corrected chi connectivity index (χ0v) is 16.4. The number of methoxy groups -OCH3 is 1. The van der Waals surface area contributed by atoms with Crippen molar-refractivity contribution >= 4 is 33.0 Å². The van der Waals surface area contributed by atoms with E-state index in [9.17, 15) is 12.8 Å². The minimum Gasteiger partial charge on any atom is -0.497 e. The lowest BCUT2D eigenvalue weighted by Gasteiger charge is -2.35. The molecule has 3 rings (SSSR count). The molecule has 27 heavy (non-hydrogen) atoms. The average molecular weight is 410 g/mol. The summed E-state index contributed by atoms with van der Waals surface area (Å²) in [5.41, 5.74) is 0.800. The second-order valence-corrected chi connectivity index (χ2v) is 8.34. The number of piperazine rings is 1. The molecule has 1 aliphatic rings. The molecule has 0 radical (unpaired) electrons.